The zero-order chi connectivity index (χ0) is 22.0. The number of aryl methyl sites for hydroxylation is 2. The fourth-order valence-electron chi connectivity index (χ4n) is 4.58. The van der Waals surface area contributed by atoms with Crippen molar-refractivity contribution in [2.45, 2.75) is 33.6 Å². The number of aromatic nitrogens is 3. The van der Waals surface area contributed by atoms with E-state index < -0.39 is 0 Å². The Morgan fingerprint density at radius 1 is 0.750 bits per heavy atom. The predicted octanol–water partition coefficient (Wildman–Crippen LogP) is 7.48. The molecule has 0 radical (unpaired) electrons. The number of hydrogen-bond donors (Lipinski definition) is 0. The lowest BCUT2D eigenvalue weighted by Gasteiger charge is -2.14. The van der Waals surface area contributed by atoms with Crippen LogP contribution in [0.2, 0.25) is 0 Å². The van der Waals surface area contributed by atoms with E-state index in [1.54, 1.807) is 0 Å². The van der Waals surface area contributed by atoms with Gasteiger partial charge in [0.25, 0.3) is 0 Å². The molecule has 0 saturated carbocycles. The standard InChI is InChI=1S/C28H23N3O/c1-15(2)27-30-24(21-14-12-18-8-5-7-16(3)23(18)25(21)31-27)22-10-6-9-19-20-13-11-17(4)29-28(20)32-26(19)22/h5-15H,1-4H3. The van der Waals surface area contributed by atoms with E-state index in [2.05, 4.69) is 80.4 Å². The molecule has 156 valence electrons. The fraction of sp³-hybridized carbons (Fsp3) is 0.179. The van der Waals surface area contributed by atoms with Crippen LogP contribution in [0.1, 0.15) is 36.8 Å². The van der Waals surface area contributed by atoms with Gasteiger partial charge in [-0.2, -0.15) is 0 Å². The first kappa shape index (κ1) is 18.9. The fourth-order valence-corrected chi connectivity index (χ4v) is 4.58. The number of benzene rings is 3. The van der Waals surface area contributed by atoms with Gasteiger partial charge >= 0.3 is 0 Å². The molecule has 0 aliphatic carbocycles. The second kappa shape index (κ2) is 6.86. The van der Waals surface area contributed by atoms with Gasteiger partial charge in [-0.25, -0.2) is 15.0 Å². The summed E-state index contributed by atoms with van der Waals surface area (Å²) < 4.78 is 6.31. The summed E-state index contributed by atoms with van der Waals surface area (Å²) in [6.07, 6.45) is 0. The molecule has 0 aliphatic rings. The highest BCUT2D eigenvalue weighted by Crippen LogP contribution is 2.39. The molecule has 4 heteroatoms. The van der Waals surface area contributed by atoms with Gasteiger partial charge in [-0.05, 0) is 49.1 Å². The Labute approximate surface area is 185 Å². The van der Waals surface area contributed by atoms with Crippen molar-refractivity contribution >= 4 is 43.7 Å². The molecule has 3 aromatic heterocycles. The molecule has 3 heterocycles. The summed E-state index contributed by atoms with van der Waals surface area (Å²) in [6.45, 7) is 8.40. The Kier molecular flexibility index (Phi) is 4.06. The Hall–Kier alpha value is -3.79. The zero-order valence-corrected chi connectivity index (χ0v) is 18.6. The Morgan fingerprint density at radius 3 is 2.41 bits per heavy atom. The lowest BCUT2D eigenvalue weighted by atomic mass is 9.97. The van der Waals surface area contributed by atoms with Crippen molar-refractivity contribution in [3.63, 3.8) is 0 Å². The highest BCUT2D eigenvalue weighted by atomic mass is 16.3. The van der Waals surface area contributed by atoms with E-state index in [-0.39, 0.29) is 5.92 Å². The first-order valence-electron chi connectivity index (χ1n) is 11.0. The van der Waals surface area contributed by atoms with Crippen molar-refractivity contribution in [1.29, 1.82) is 0 Å². The van der Waals surface area contributed by atoms with Crippen LogP contribution in [-0.4, -0.2) is 15.0 Å². The second-order valence-electron chi connectivity index (χ2n) is 8.81. The van der Waals surface area contributed by atoms with E-state index in [0.717, 1.165) is 50.0 Å². The summed E-state index contributed by atoms with van der Waals surface area (Å²) >= 11 is 0. The van der Waals surface area contributed by atoms with Gasteiger partial charge in [0.1, 0.15) is 11.4 Å². The number of rotatable bonds is 2. The van der Waals surface area contributed by atoms with Crippen LogP contribution in [0.3, 0.4) is 0 Å². The SMILES string of the molecule is Cc1ccc2c(n1)oc1c(-c3nc(C(C)C)nc4c3ccc3cccc(C)c34)cccc12. The third-order valence-electron chi connectivity index (χ3n) is 6.21. The predicted molar refractivity (Wildman–Crippen MR) is 131 cm³/mol. The van der Waals surface area contributed by atoms with Gasteiger partial charge in [0, 0.05) is 38.7 Å². The molecule has 3 aromatic carbocycles. The first-order chi connectivity index (χ1) is 15.5. The molecule has 0 aliphatic heterocycles. The third kappa shape index (κ3) is 2.72. The van der Waals surface area contributed by atoms with Crippen molar-refractivity contribution in [1.82, 2.24) is 15.0 Å². The monoisotopic (exact) mass is 417 g/mol. The molecule has 0 fully saturated rings. The van der Waals surface area contributed by atoms with Gasteiger partial charge < -0.3 is 4.42 Å². The largest absolute Gasteiger partial charge is 0.437 e. The second-order valence-corrected chi connectivity index (χ2v) is 8.81. The van der Waals surface area contributed by atoms with Crippen LogP contribution in [-0.2, 0) is 0 Å². The molecule has 32 heavy (non-hydrogen) atoms. The maximum absolute atomic E-state index is 6.31. The molecule has 0 N–H and O–H groups in total. The van der Waals surface area contributed by atoms with Gasteiger partial charge in [0.15, 0.2) is 0 Å². The molecule has 0 bridgehead atoms. The topological polar surface area (TPSA) is 51.8 Å². The van der Waals surface area contributed by atoms with Crippen LogP contribution >= 0.6 is 0 Å². The summed E-state index contributed by atoms with van der Waals surface area (Å²) in [5.41, 5.74) is 6.52. The molecule has 6 aromatic rings. The Balaban J connectivity index is 1.77. The Bertz CT molecular complexity index is 1680. The third-order valence-corrected chi connectivity index (χ3v) is 6.21. The van der Waals surface area contributed by atoms with Crippen LogP contribution in [0.5, 0.6) is 0 Å². The number of fused-ring (bicyclic) bond motifs is 6. The van der Waals surface area contributed by atoms with Gasteiger partial charge in [0.05, 0.1) is 11.2 Å². The Morgan fingerprint density at radius 2 is 1.56 bits per heavy atom. The van der Waals surface area contributed by atoms with E-state index in [1.807, 2.05) is 13.0 Å². The summed E-state index contributed by atoms with van der Waals surface area (Å²) in [7, 11) is 0. The minimum atomic E-state index is 0.205. The van der Waals surface area contributed by atoms with E-state index in [0.29, 0.717) is 5.71 Å². The highest BCUT2D eigenvalue weighted by Gasteiger charge is 2.19. The number of pyridine rings is 1. The van der Waals surface area contributed by atoms with E-state index in [1.165, 1.54) is 16.3 Å². The molecular formula is C28H23N3O. The van der Waals surface area contributed by atoms with Crippen molar-refractivity contribution in [3.8, 4) is 11.3 Å². The molecule has 0 spiro atoms. The maximum atomic E-state index is 6.31. The van der Waals surface area contributed by atoms with E-state index >= 15 is 0 Å². The number of para-hydroxylation sites is 1. The normalized spacial score (nSPS) is 12.0. The summed E-state index contributed by atoms with van der Waals surface area (Å²) in [5.74, 6) is 1.04. The molecule has 0 saturated heterocycles. The van der Waals surface area contributed by atoms with Gasteiger partial charge in [0.2, 0.25) is 5.71 Å². The average Bonchev–Trinajstić information content (AvgIpc) is 3.15. The van der Waals surface area contributed by atoms with E-state index in [4.69, 9.17) is 14.4 Å². The van der Waals surface area contributed by atoms with Crippen molar-refractivity contribution < 1.29 is 4.42 Å². The zero-order valence-electron chi connectivity index (χ0n) is 18.6. The van der Waals surface area contributed by atoms with Crippen LogP contribution in [0.4, 0.5) is 0 Å². The minimum Gasteiger partial charge on any atom is -0.437 e. The van der Waals surface area contributed by atoms with Gasteiger partial charge in [-0.15, -0.1) is 0 Å². The smallest absolute Gasteiger partial charge is 0.227 e. The quantitative estimate of drug-likeness (QED) is 0.274. The highest BCUT2D eigenvalue weighted by molar-refractivity contribution is 6.14. The molecule has 6 rings (SSSR count). The van der Waals surface area contributed by atoms with Crippen LogP contribution < -0.4 is 0 Å². The lowest BCUT2D eigenvalue weighted by molar-refractivity contribution is 0.653. The van der Waals surface area contributed by atoms with Gasteiger partial charge in [-0.1, -0.05) is 50.2 Å². The minimum absolute atomic E-state index is 0.205. The molecule has 0 amide bonds. The molecular weight excluding hydrogens is 394 g/mol. The van der Waals surface area contributed by atoms with Crippen LogP contribution in [0, 0.1) is 13.8 Å². The van der Waals surface area contributed by atoms with Gasteiger partial charge in [-0.3, -0.25) is 0 Å². The van der Waals surface area contributed by atoms with Crippen molar-refractivity contribution in [2.75, 3.05) is 0 Å². The van der Waals surface area contributed by atoms with Crippen molar-refractivity contribution in [3.05, 3.63) is 77.7 Å². The number of nitrogens with zero attached hydrogens (tertiary/aromatic N) is 3. The molecule has 0 atom stereocenters. The molecule has 0 unspecified atom stereocenters. The molecule has 4 nitrogen and oxygen atoms in total. The van der Waals surface area contributed by atoms with Crippen LogP contribution in [0.25, 0.3) is 55.0 Å². The van der Waals surface area contributed by atoms with E-state index in [9.17, 15) is 0 Å². The lowest BCUT2D eigenvalue weighted by Crippen LogP contribution is -2.01. The first-order valence-corrected chi connectivity index (χ1v) is 11.0. The van der Waals surface area contributed by atoms with Crippen molar-refractivity contribution in [2.24, 2.45) is 0 Å². The van der Waals surface area contributed by atoms with Crippen LogP contribution in [0.15, 0.2) is 65.1 Å². The average molecular weight is 418 g/mol. The maximum Gasteiger partial charge on any atom is 0.227 e. The summed E-state index contributed by atoms with van der Waals surface area (Å²) in [6, 6.07) is 21.0. The summed E-state index contributed by atoms with van der Waals surface area (Å²) in [4.78, 5) is 14.7. The summed E-state index contributed by atoms with van der Waals surface area (Å²) in [5, 5.41) is 5.49. The number of furan rings is 1. The number of hydrogen-bond acceptors (Lipinski definition) is 4.